The summed E-state index contributed by atoms with van der Waals surface area (Å²) in [6, 6.07) is 8.71. The van der Waals surface area contributed by atoms with E-state index in [0.717, 1.165) is 48.8 Å². The van der Waals surface area contributed by atoms with Crippen molar-refractivity contribution in [1.82, 2.24) is 24.6 Å². The molecule has 0 amide bonds. The highest BCUT2D eigenvalue weighted by atomic mass is 15.3. The molecule has 2 aliphatic heterocycles. The van der Waals surface area contributed by atoms with Gasteiger partial charge in [-0.3, -0.25) is 9.58 Å². The summed E-state index contributed by atoms with van der Waals surface area (Å²) in [5.41, 5.74) is 7.46. The van der Waals surface area contributed by atoms with Gasteiger partial charge in [0.25, 0.3) is 0 Å². The highest BCUT2D eigenvalue weighted by Gasteiger charge is 2.31. The van der Waals surface area contributed by atoms with Gasteiger partial charge in [-0.25, -0.2) is 9.97 Å². The van der Waals surface area contributed by atoms with Crippen LogP contribution in [-0.2, 0) is 19.5 Å². The van der Waals surface area contributed by atoms with Crippen molar-refractivity contribution >= 4 is 11.6 Å². The zero-order chi connectivity index (χ0) is 22.3. The van der Waals surface area contributed by atoms with Crippen LogP contribution >= 0.6 is 0 Å². The molecule has 1 unspecified atom stereocenters. The van der Waals surface area contributed by atoms with Crippen LogP contribution < -0.4 is 5.32 Å². The van der Waals surface area contributed by atoms with Gasteiger partial charge in [-0.15, -0.1) is 0 Å². The van der Waals surface area contributed by atoms with Crippen molar-refractivity contribution in [3.63, 3.8) is 0 Å². The molecule has 0 saturated carbocycles. The van der Waals surface area contributed by atoms with E-state index >= 15 is 0 Å². The monoisotopic (exact) mass is 430 g/mol. The number of benzene rings is 1. The van der Waals surface area contributed by atoms with E-state index in [0.29, 0.717) is 11.4 Å². The van der Waals surface area contributed by atoms with Gasteiger partial charge in [-0.05, 0) is 67.3 Å². The second-order valence-corrected chi connectivity index (χ2v) is 10.5. The Kier molecular flexibility index (Phi) is 5.49. The van der Waals surface area contributed by atoms with E-state index in [9.17, 15) is 0 Å². The fourth-order valence-electron chi connectivity index (χ4n) is 5.02. The molecule has 1 atom stereocenters. The van der Waals surface area contributed by atoms with Crippen LogP contribution in [0, 0.1) is 18.3 Å². The summed E-state index contributed by atoms with van der Waals surface area (Å²) in [6.07, 6.45) is 7.22. The number of fused-ring (bicyclic) bond motifs is 1. The van der Waals surface area contributed by atoms with Crippen LogP contribution in [0.15, 0.2) is 36.7 Å². The van der Waals surface area contributed by atoms with Gasteiger partial charge in [-0.1, -0.05) is 32.9 Å². The van der Waals surface area contributed by atoms with Gasteiger partial charge in [-0.2, -0.15) is 5.10 Å². The molecule has 5 rings (SSSR count). The Hall–Kier alpha value is -2.73. The van der Waals surface area contributed by atoms with Crippen LogP contribution in [0.2, 0.25) is 0 Å². The number of aromatic nitrogens is 4. The van der Waals surface area contributed by atoms with Crippen molar-refractivity contribution in [2.45, 2.75) is 60.0 Å². The second-order valence-electron chi connectivity index (χ2n) is 10.5. The highest BCUT2D eigenvalue weighted by molar-refractivity contribution is 5.64. The summed E-state index contributed by atoms with van der Waals surface area (Å²) in [5, 5.41) is 7.82. The van der Waals surface area contributed by atoms with E-state index in [2.05, 4.69) is 70.9 Å². The average molecular weight is 431 g/mol. The molecule has 0 aliphatic carbocycles. The zero-order valence-electron chi connectivity index (χ0n) is 19.7. The van der Waals surface area contributed by atoms with Gasteiger partial charge in [0.05, 0.1) is 23.3 Å². The van der Waals surface area contributed by atoms with Gasteiger partial charge in [0.2, 0.25) is 5.95 Å². The average Bonchev–Trinajstić information content (AvgIpc) is 3.48. The fraction of sp³-hybridized carbons (Fsp3) is 0.500. The minimum atomic E-state index is 0.392. The Morgan fingerprint density at radius 2 is 2.03 bits per heavy atom. The van der Waals surface area contributed by atoms with Crippen molar-refractivity contribution in [3.05, 3.63) is 53.5 Å². The molecule has 2 aliphatic rings. The molecule has 6 heteroatoms. The van der Waals surface area contributed by atoms with Gasteiger partial charge in [0, 0.05) is 31.4 Å². The molecule has 2 aromatic heterocycles. The summed E-state index contributed by atoms with van der Waals surface area (Å²) < 4.78 is 2.07. The van der Waals surface area contributed by atoms with Crippen molar-refractivity contribution in [2.75, 3.05) is 18.4 Å². The lowest BCUT2D eigenvalue weighted by atomic mass is 9.80. The first kappa shape index (κ1) is 21.1. The third-order valence-corrected chi connectivity index (χ3v) is 7.16. The van der Waals surface area contributed by atoms with E-state index in [-0.39, 0.29) is 0 Å². The molecular weight excluding hydrogens is 396 g/mol. The van der Waals surface area contributed by atoms with E-state index in [4.69, 9.17) is 4.98 Å². The molecule has 32 heavy (non-hydrogen) atoms. The van der Waals surface area contributed by atoms with Crippen LogP contribution in [0.3, 0.4) is 0 Å². The molecule has 1 aromatic carbocycles. The molecule has 1 saturated heterocycles. The Labute approximate surface area is 191 Å². The van der Waals surface area contributed by atoms with Crippen molar-refractivity contribution < 1.29 is 0 Å². The molecule has 4 heterocycles. The number of rotatable bonds is 5. The molecule has 1 fully saturated rings. The molecule has 168 valence electrons. The predicted octanol–water partition coefficient (Wildman–Crippen LogP) is 5.21. The molecule has 3 aromatic rings. The summed E-state index contributed by atoms with van der Waals surface area (Å²) >= 11 is 0. The molecule has 0 bridgehead atoms. The number of anilines is 2. The fourth-order valence-corrected chi connectivity index (χ4v) is 5.02. The number of hydrogen-bond acceptors (Lipinski definition) is 5. The zero-order valence-corrected chi connectivity index (χ0v) is 19.7. The van der Waals surface area contributed by atoms with Crippen LogP contribution in [0.4, 0.5) is 11.6 Å². The first-order valence-corrected chi connectivity index (χ1v) is 11.8. The van der Waals surface area contributed by atoms with Crippen molar-refractivity contribution in [3.8, 4) is 11.3 Å². The smallest absolute Gasteiger partial charge is 0.227 e. The van der Waals surface area contributed by atoms with E-state index in [1.165, 1.54) is 36.3 Å². The molecule has 1 N–H and O–H groups in total. The largest absolute Gasteiger partial charge is 0.321 e. The lowest BCUT2D eigenvalue weighted by molar-refractivity contribution is 0.226. The van der Waals surface area contributed by atoms with Crippen molar-refractivity contribution in [1.29, 1.82) is 0 Å². The highest BCUT2D eigenvalue weighted by Crippen LogP contribution is 2.34. The van der Waals surface area contributed by atoms with Crippen LogP contribution in [0.1, 0.15) is 50.4 Å². The number of aryl methyl sites for hydroxylation is 2. The van der Waals surface area contributed by atoms with Crippen LogP contribution in [0.5, 0.6) is 0 Å². The Morgan fingerprint density at radius 3 is 2.81 bits per heavy atom. The maximum Gasteiger partial charge on any atom is 0.227 e. The molecule has 0 radical (unpaired) electrons. The topological polar surface area (TPSA) is 58.9 Å². The predicted molar refractivity (Wildman–Crippen MR) is 129 cm³/mol. The standard InChI is InChI=1S/C26H34N6/c1-18-14-19(7-8-20(18)16-31-13-10-21(17-31)26(2,3)4)22-9-11-27-25(29-22)30-23-15-28-32-12-5-6-24(23)32/h7-9,11,14-15,21H,5-6,10,12-13,16-17H2,1-4H3,(H,27,29,30). The van der Waals surface area contributed by atoms with Crippen LogP contribution in [0.25, 0.3) is 11.3 Å². The SMILES string of the molecule is Cc1cc(-c2ccnc(Nc3cnn4c3CCC4)n2)ccc1CN1CCC(C(C)(C)C)C1. The quantitative estimate of drug-likeness (QED) is 0.602. The second kappa shape index (κ2) is 8.32. The Bertz CT molecular complexity index is 1110. The summed E-state index contributed by atoms with van der Waals surface area (Å²) in [7, 11) is 0. The summed E-state index contributed by atoms with van der Waals surface area (Å²) in [4.78, 5) is 11.8. The van der Waals surface area contributed by atoms with E-state index in [1.807, 2.05) is 18.5 Å². The number of nitrogens with zero attached hydrogens (tertiary/aromatic N) is 5. The van der Waals surface area contributed by atoms with Gasteiger partial charge in [0.1, 0.15) is 0 Å². The van der Waals surface area contributed by atoms with Gasteiger partial charge >= 0.3 is 0 Å². The lowest BCUT2D eigenvalue weighted by Crippen LogP contribution is -2.26. The first-order chi connectivity index (χ1) is 15.4. The summed E-state index contributed by atoms with van der Waals surface area (Å²) in [6.45, 7) is 13.7. The van der Waals surface area contributed by atoms with Crippen LogP contribution in [-0.4, -0.2) is 37.7 Å². The number of likely N-dealkylation sites (tertiary alicyclic amines) is 1. The minimum absolute atomic E-state index is 0.392. The third kappa shape index (κ3) is 4.29. The molecule has 6 nitrogen and oxygen atoms in total. The minimum Gasteiger partial charge on any atom is -0.321 e. The Balaban J connectivity index is 1.29. The van der Waals surface area contributed by atoms with E-state index in [1.54, 1.807) is 0 Å². The molecule has 0 spiro atoms. The first-order valence-electron chi connectivity index (χ1n) is 11.8. The van der Waals surface area contributed by atoms with Crippen molar-refractivity contribution in [2.24, 2.45) is 11.3 Å². The number of nitrogens with one attached hydrogen (secondary N) is 1. The Morgan fingerprint density at radius 1 is 1.16 bits per heavy atom. The lowest BCUT2D eigenvalue weighted by Gasteiger charge is -2.27. The normalized spacial score (nSPS) is 18.8. The van der Waals surface area contributed by atoms with Gasteiger partial charge < -0.3 is 5.32 Å². The third-order valence-electron chi connectivity index (χ3n) is 7.16. The molecular formula is C26H34N6. The summed E-state index contributed by atoms with van der Waals surface area (Å²) in [5.74, 6) is 1.41. The maximum atomic E-state index is 4.78. The number of hydrogen-bond donors (Lipinski definition) is 1. The van der Waals surface area contributed by atoms with Gasteiger partial charge in [0.15, 0.2) is 0 Å². The van der Waals surface area contributed by atoms with E-state index < -0.39 is 0 Å². The maximum absolute atomic E-state index is 4.78.